The van der Waals surface area contributed by atoms with Gasteiger partial charge in [-0.05, 0) is 48.2 Å². The molecule has 0 aliphatic rings. The van der Waals surface area contributed by atoms with Gasteiger partial charge in [0, 0.05) is 11.3 Å². The van der Waals surface area contributed by atoms with Crippen LogP contribution in [0.4, 0.5) is 5.69 Å². The molecule has 0 unspecified atom stereocenters. The smallest absolute Gasteiger partial charge is 0.255 e. The van der Waals surface area contributed by atoms with E-state index in [1.807, 2.05) is 48.5 Å². The molecule has 98 valence electrons. The highest BCUT2D eigenvalue weighted by molar-refractivity contribution is 6.04. The summed E-state index contributed by atoms with van der Waals surface area (Å²) >= 11 is 0. The van der Waals surface area contributed by atoms with Gasteiger partial charge in [-0.1, -0.05) is 38.1 Å². The van der Waals surface area contributed by atoms with Crippen molar-refractivity contribution in [1.29, 1.82) is 0 Å². The molecule has 0 bridgehead atoms. The molecule has 2 aromatic carbocycles. The van der Waals surface area contributed by atoms with Crippen molar-refractivity contribution in [3.63, 3.8) is 0 Å². The fourth-order valence-corrected chi connectivity index (χ4v) is 1.92. The van der Waals surface area contributed by atoms with Crippen LogP contribution in [-0.2, 0) is 12.8 Å². The number of rotatable bonds is 4. The van der Waals surface area contributed by atoms with Gasteiger partial charge in [0.15, 0.2) is 0 Å². The Balaban J connectivity index is 2.06. The summed E-state index contributed by atoms with van der Waals surface area (Å²) in [5.74, 6) is -0.0631. The fourth-order valence-electron chi connectivity index (χ4n) is 1.92. The number of amides is 1. The van der Waals surface area contributed by atoms with E-state index in [-0.39, 0.29) is 5.91 Å². The minimum Gasteiger partial charge on any atom is -0.322 e. The van der Waals surface area contributed by atoms with Crippen molar-refractivity contribution in [3.8, 4) is 0 Å². The molecule has 0 atom stereocenters. The van der Waals surface area contributed by atoms with Crippen LogP contribution in [0.25, 0.3) is 0 Å². The van der Waals surface area contributed by atoms with Gasteiger partial charge in [0.25, 0.3) is 5.91 Å². The van der Waals surface area contributed by atoms with E-state index in [1.165, 1.54) is 11.1 Å². The van der Waals surface area contributed by atoms with Crippen molar-refractivity contribution in [2.45, 2.75) is 26.7 Å². The van der Waals surface area contributed by atoms with E-state index in [4.69, 9.17) is 0 Å². The minimum absolute atomic E-state index is 0.0631. The van der Waals surface area contributed by atoms with Crippen LogP contribution in [0.3, 0.4) is 0 Å². The zero-order valence-electron chi connectivity index (χ0n) is 11.4. The molecule has 0 aliphatic heterocycles. The normalized spacial score (nSPS) is 10.2. The highest BCUT2D eigenvalue weighted by atomic mass is 16.1. The van der Waals surface area contributed by atoms with E-state index in [0.29, 0.717) is 5.56 Å². The van der Waals surface area contributed by atoms with E-state index in [1.54, 1.807) is 0 Å². The molecule has 0 spiro atoms. The summed E-state index contributed by atoms with van der Waals surface area (Å²) < 4.78 is 0. The van der Waals surface area contributed by atoms with Gasteiger partial charge < -0.3 is 5.32 Å². The van der Waals surface area contributed by atoms with Gasteiger partial charge in [-0.3, -0.25) is 4.79 Å². The van der Waals surface area contributed by atoms with Gasteiger partial charge in [-0.15, -0.1) is 0 Å². The Hall–Kier alpha value is -2.09. The molecule has 2 heteroatoms. The molecular weight excluding hydrogens is 234 g/mol. The first-order chi connectivity index (χ1) is 9.22. The Labute approximate surface area is 114 Å². The molecule has 2 nitrogen and oxygen atoms in total. The lowest BCUT2D eigenvalue weighted by Gasteiger charge is -2.06. The Kier molecular flexibility index (Phi) is 4.35. The van der Waals surface area contributed by atoms with Gasteiger partial charge in [-0.25, -0.2) is 0 Å². The monoisotopic (exact) mass is 253 g/mol. The topological polar surface area (TPSA) is 29.1 Å². The molecule has 0 radical (unpaired) electrons. The van der Waals surface area contributed by atoms with Crippen molar-refractivity contribution >= 4 is 11.6 Å². The third-order valence-electron chi connectivity index (χ3n) is 3.24. The molecule has 2 rings (SSSR count). The number of aryl methyl sites for hydroxylation is 2. The maximum Gasteiger partial charge on any atom is 0.255 e. The molecule has 1 N–H and O–H groups in total. The third kappa shape index (κ3) is 3.44. The molecule has 0 aliphatic carbocycles. The summed E-state index contributed by atoms with van der Waals surface area (Å²) in [7, 11) is 0. The lowest BCUT2D eigenvalue weighted by atomic mass is 10.1. The summed E-state index contributed by atoms with van der Waals surface area (Å²) in [6.07, 6.45) is 1.99. The Morgan fingerprint density at radius 2 is 1.32 bits per heavy atom. The van der Waals surface area contributed by atoms with Crippen LogP contribution < -0.4 is 5.32 Å². The van der Waals surface area contributed by atoms with Crippen LogP contribution in [0, 0.1) is 0 Å². The van der Waals surface area contributed by atoms with Gasteiger partial charge in [0.2, 0.25) is 0 Å². The summed E-state index contributed by atoms with van der Waals surface area (Å²) in [5, 5.41) is 2.91. The second kappa shape index (κ2) is 6.19. The number of anilines is 1. The first kappa shape index (κ1) is 13.3. The maximum atomic E-state index is 12.1. The van der Waals surface area contributed by atoms with E-state index in [0.717, 1.165) is 18.5 Å². The second-order valence-electron chi connectivity index (χ2n) is 4.56. The molecule has 0 saturated carbocycles. The Morgan fingerprint density at radius 1 is 0.842 bits per heavy atom. The van der Waals surface area contributed by atoms with E-state index in [9.17, 15) is 4.79 Å². The predicted molar refractivity (Wildman–Crippen MR) is 79.6 cm³/mol. The van der Waals surface area contributed by atoms with Crippen LogP contribution in [0.1, 0.15) is 35.3 Å². The number of benzene rings is 2. The number of hydrogen-bond donors (Lipinski definition) is 1. The molecule has 0 aromatic heterocycles. The average Bonchev–Trinajstić information content (AvgIpc) is 2.48. The van der Waals surface area contributed by atoms with Crippen LogP contribution >= 0.6 is 0 Å². The van der Waals surface area contributed by atoms with Crippen LogP contribution in [0.15, 0.2) is 48.5 Å². The summed E-state index contributed by atoms with van der Waals surface area (Å²) in [4.78, 5) is 12.1. The number of hydrogen-bond acceptors (Lipinski definition) is 1. The quantitative estimate of drug-likeness (QED) is 0.874. The molecule has 0 heterocycles. The molecule has 2 aromatic rings. The number of carbonyl (C=O) groups excluding carboxylic acids is 1. The molecule has 19 heavy (non-hydrogen) atoms. The number of carbonyl (C=O) groups is 1. The van der Waals surface area contributed by atoms with Crippen LogP contribution in [0.2, 0.25) is 0 Å². The van der Waals surface area contributed by atoms with E-state index < -0.39 is 0 Å². The van der Waals surface area contributed by atoms with Gasteiger partial charge in [0.1, 0.15) is 0 Å². The molecule has 1 amide bonds. The van der Waals surface area contributed by atoms with Gasteiger partial charge in [-0.2, -0.15) is 0 Å². The van der Waals surface area contributed by atoms with Crippen LogP contribution in [0.5, 0.6) is 0 Å². The standard InChI is InChI=1S/C17H19NO/c1-3-13-5-9-15(10-6-13)17(19)18-16-11-7-14(4-2)8-12-16/h5-12H,3-4H2,1-2H3,(H,18,19). The second-order valence-corrected chi connectivity index (χ2v) is 4.56. The minimum atomic E-state index is -0.0631. The first-order valence-electron chi connectivity index (χ1n) is 6.72. The Morgan fingerprint density at radius 3 is 1.79 bits per heavy atom. The number of nitrogens with one attached hydrogen (secondary N) is 1. The largest absolute Gasteiger partial charge is 0.322 e. The lowest BCUT2D eigenvalue weighted by molar-refractivity contribution is 0.102. The predicted octanol–water partition coefficient (Wildman–Crippen LogP) is 4.06. The molecular formula is C17H19NO. The highest BCUT2D eigenvalue weighted by Crippen LogP contribution is 2.12. The lowest BCUT2D eigenvalue weighted by Crippen LogP contribution is -2.11. The van der Waals surface area contributed by atoms with E-state index in [2.05, 4.69) is 19.2 Å². The van der Waals surface area contributed by atoms with E-state index >= 15 is 0 Å². The fraction of sp³-hybridized carbons (Fsp3) is 0.235. The van der Waals surface area contributed by atoms with Gasteiger partial charge >= 0.3 is 0 Å². The molecule has 0 saturated heterocycles. The first-order valence-corrected chi connectivity index (χ1v) is 6.72. The van der Waals surface area contributed by atoms with Gasteiger partial charge in [0.05, 0.1) is 0 Å². The SMILES string of the molecule is CCc1ccc(NC(=O)c2ccc(CC)cc2)cc1. The average molecular weight is 253 g/mol. The summed E-state index contributed by atoms with van der Waals surface area (Å²) in [6.45, 7) is 4.22. The highest BCUT2D eigenvalue weighted by Gasteiger charge is 2.05. The third-order valence-corrected chi connectivity index (χ3v) is 3.24. The Bertz CT molecular complexity index is 540. The van der Waals surface area contributed by atoms with Crippen LogP contribution in [-0.4, -0.2) is 5.91 Å². The van der Waals surface area contributed by atoms with Crippen molar-refractivity contribution in [2.75, 3.05) is 5.32 Å². The summed E-state index contributed by atoms with van der Waals surface area (Å²) in [5.41, 5.74) is 4.03. The van der Waals surface area contributed by atoms with Crippen molar-refractivity contribution in [3.05, 3.63) is 65.2 Å². The zero-order valence-corrected chi connectivity index (χ0v) is 11.4. The van der Waals surface area contributed by atoms with Crippen molar-refractivity contribution < 1.29 is 4.79 Å². The maximum absolute atomic E-state index is 12.1. The summed E-state index contributed by atoms with van der Waals surface area (Å²) in [6, 6.07) is 15.7. The van der Waals surface area contributed by atoms with Crippen molar-refractivity contribution in [2.24, 2.45) is 0 Å². The molecule has 0 fully saturated rings. The zero-order chi connectivity index (χ0) is 13.7. The van der Waals surface area contributed by atoms with Crippen molar-refractivity contribution in [1.82, 2.24) is 0 Å².